The van der Waals surface area contributed by atoms with E-state index in [1.807, 2.05) is 24.3 Å². The van der Waals surface area contributed by atoms with Gasteiger partial charge in [0, 0.05) is 41.8 Å². The van der Waals surface area contributed by atoms with E-state index in [0.29, 0.717) is 40.3 Å². The first-order chi connectivity index (χ1) is 20.1. The Balaban J connectivity index is 1.55. The van der Waals surface area contributed by atoms with Crippen molar-refractivity contribution < 1.29 is 5.76 Å². The van der Waals surface area contributed by atoms with E-state index in [9.17, 15) is 11.0 Å². The van der Waals surface area contributed by atoms with Gasteiger partial charge < -0.3 is 10.6 Å². The molecule has 1 fully saturated rings. The first-order valence-electron chi connectivity index (χ1n) is 14.1. The predicted molar refractivity (Wildman–Crippen MR) is 158 cm³/mol. The third-order valence-corrected chi connectivity index (χ3v) is 6.97. The van der Waals surface area contributed by atoms with Crippen molar-refractivity contribution in [2.45, 2.75) is 45.7 Å². The molecule has 0 bridgehead atoms. The van der Waals surface area contributed by atoms with Crippen molar-refractivity contribution in [1.29, 1.82) is 5.26 Å². The van der Waals surface area contributed by atoms with Crippen LogP contribution in [0.1, 0.15) is 63.9 Å². The first kappa shape index (κ1) is 25.1. The molecule has 1 atom stereocenters. The molecule has 8 nitrogen and oxygen atoms in total. The van der Waals surface area contributed by atoms with E-state index in [1.54, 1.807) is 41.6 Å². The van der Waals surface area contributed by atoms with Crippen LogP contribution in [0.3, 0.4) is 0 Å². The van der Waals surface area contributed by atoms with Gasteiger partial charge in [0.2, 0.25) is 0 Å². The standard InChI is InChI=1S/C32H31FN8/c1-32(2,3)19-37-29-22(16-34)17-36-31-26(20-10-12-35-13-11-20)14-24(15-27(29)31)38-30(21-4-6-23(33)7-5-21)28-18-41(40-39-28)25-8-9-25/h4-7,10-15,17-18,25,30,38H,8-9,19H2,1-3H3,(H,36,37)/t30-/m0/s1/i30D. The number of pyridine rings is 2. The topological polar surface area (TPSA) is 104 Å². The Kier molecular flexibility index (Phi) is 6.51. The third kappa shape index (κ3) is 5.73. The number of fused-ring (bicyclic) bond motifs is 1. The van der Waals surface area contributed by atoms with Crippen molar-refractivity contribution in [1.82, 2.24) is 25.0 Å². The molecule has 9 heteroatoms. The largest absolute Gasteiger partial charge is 0.383 e. The number of hydrogen-bond acceptors (Lipinski definition) is 7. The molecular weight excluding hydrogens is 515 g/mol. The van der Waals surface area contributed by atoms with Crippen LogP contribution in [0, 0.1) is 22.6 Å². The minimum absolute atomic E-state index is 0.0432. The molecule has 3 heterocycles. The lowest BCUT2D eigenvalue weighted by Crippen LogP contribution is -2.20. The van der Waals surface area contributed by atoms with Gasteiger partial charge >= 0.3 is 0 Å². The highest BCUT2D eigenvalue weighted by Gasteiger charge is 2.27. The first-order valence-corrected chi connectivity index (χ1v) is 13.6. The van der Waals surface area contributed by atoms with Crippen LogP contribution in [0.5, 0.6) is 0 Å². The van der Waals surface area contributed by atoms with Gasteiger partial charge in [-0.05, 0) is 65.8 Å². The summed E-state index contributed by atoms with van der Waals surface area (Å²) in [6.07, 6.45) is 8.86. The van der Waals surface area contributed by atoms with Crippen molar-refractivity contribution >= 4 is 22.3 Å². The smallest absolute Gasteiger partial charge is 0.123 e. The van der Waals surface area contributed by atoms with Gasteiger partial charge in [-0.1, -0.05) is 38.1 Å². The molecular formula is C32H31FN8. The molecule has 1 aliphatic rings. The highest BCUT2D eigenvalue weighted by molar-refractivity contribution is 6.04. The quantitative estimate of drug-likeness (QED) is 0.218. The Morgan fingerprint density at radius 2 is 1.90 bits per heavy atom. The number of hydrogen-bond donors (Lipinski definition) is 2. The maximum atomic E-state index is 14.0. The number of anilines is 2. The van der Waals surface area contributed by atoms with Crippen LogP contribution in [0.2, 0.25) is 0 Å². The molecule has 0 radical (unpaired) electrons. The molecule has 0 spiro atoms. The summed E-state index contributed by atoms with van der Waals surface area (Å²) in [5, 5.41) is 26.3. The van der Waals surface area contributed by atoms with E-state index in [2.05, 4.69) is 52.8 Å². The lowest BCUT2D eigenvalue weighted by Gasteiger charge is -2.23. The van der Waals surface area contributed by atoms with E-state index in [1.165, 1.54) is 12.1 Å². The number of aromatic nitrogens is 5. The zero-order valence-corrected chi connectivity index (χ0v) is 23.2. The minimum atomic E-state index is -1.59. The van der Waals surface area contributed by atoms with Gasteiger partial charge in [0.05, 0.1) is 36.4 Å². The molecule has 0 aliphatic heterocycles. The van der Waals surface area contributed by atoms with Gasteiger partial charge in [-0.25, -0.2) is 9.07 Å². The zero-order valence-electron chi connectivity index (χ0n) is 24.2. The molecule has 2 aromatic carbocycles. The lowest BCUT2D eigenvalue weighted by molar-refractivity contribution is 0.443. The van der Waals surface area contributed by atoms with Crippen molar-refractivity contribution in [3.63, 3.8) is 0 Å². The molecule has 1 aliphatic carbocycles. The fraction of sp³-hybridized carbons (Fsp3) is 0.281. The van der Waals surface area contributed by atoms with Crippen molar-refractivity contribution in [2.24, 2.45) is 5.41 Å². The van der Waals surface area contributed by atoms with E-state index in [0.717, 1.165) is 29.4 Å². The number of nitriles is 1. The molecule has 6 rings (SSSR count). The Bertz CT molecular complexity index is 1790. The Labute approximate surface area is 239 Å². The van der Waals surface area contributed by atoms with E-state index in [4.69, 9.17) is 4.98 Å². The molecule has 5 aromatic rings. The van der Waals surface area contributed by atoms with Crippen LogP contribution in [0.15, 0.2) is 73.3 Å². The van der Waals surface area contributed by atoms with Gasteiger partial charge in [-0.15, -0.1) is 5.10 Å². The van der Waals surface area contributed by atoms with Gasteiger partial charge in [0.1, 0.15) is 17.6 Å². The Hall–Kier alpha value is -4.84. The number of rotatable bonds is 8. The highest BCUT2D eigenvalue weighted by Crippen LogP contribution is 2.39. The summed E-state index contributed by atoms with van der Waals surface area (Å²) in [4.78, 5) is 8.87. The highest BCUT2D eigenvalue weighted by atomic mass is 19.1. The minimum Gasteiger partial charge on any atom is -0.383 e. The van der Waals surface area contributed by atoms with Crippen molar-refractivity contribution in [2.75, 3.05) is 17.2 Å². The summed E-state index contributed by atoms with van der Waals surface area (Å²) in [7, 11) is 0. The average Bonchev–Trinajstić information content (AvgIpc) is 3.71. The molecule has 41 heavy (non-hydrogen) atoms. The van der Waals surface area contributed by atoms with Crippen LogP contribution < -0.4 is 10.6 Å². The van der Waals surface area contributed by atoms with Gasteiger partial charge in [0.25, 0.3) is 0 Å². The number of benzene rings is 2. The second-order valence-corrected chi connectivity index (χ2v) is 11.6. The van der Waals surface area contributed by atoms with Crippen molar-refractivity contribution in [3.05, 3.63) is 96.0 Å². The Morgan fingerprint density at radius 1 is 1.15 bits per heavy atom. The van der Waals surface area contributed by atoms with Crippen molar-refractivity contribution in [3.8, 4) is 17.2 Å². The predicted octanol–water partition coefficient (Wildman–Crippen LogP) is 6.89. The normalized spacial score (nSPS) is 15.1. The summed E-state index contributed by atoms with van der Waals surface area (Å²) in [5.41, 5.74) is 4.95. The Morgan fingerprint density at radius 3 is 2.59 bits per heavy atom. The number of nitrogens with zero attached hydrogens (tertiary/aromatic N) is 6. The maximum Gasteiger partial charge on any atom is 0.123 e. The van der Waals surface area contributed by atoms with Crippen LogP contribution in [0.4, 0.5) is 15.8 Å². The van der Waals surface area contributed by atoms with E-state index < -0.39 is 11.8 Å². The second kappa shape index (κ2) is 10.6. The van der Waals surface area contributed by atoms with E-state index >= 15 is 0 Å². The van der Waals surface area contributed by atoms with Crippen LogP contribution in [-0.4, -0.2) is 31.5 Å². The fourth-order valence-corrected chi connectivity index (χ4v) is 4.71. The molecule has 2 N–H and O–H groups in total. The maximum absolute atomic E-state index is 14.0. The molecule has 206 valence electrons. The van der Waals surface area contributed by atoms with Crippen LogP contribution in [-0.2, 0) is 0 Å². The molecule has 0 amide bonds. The zero-order chi connectivity index (χ0) is 29.5. The fourth-order valence-electron chi connectivity index (χ4n) is 4.71. The average molecular weight is 548 g/mol. The summed E-state index contributed by atoms with van der Waals surface area (Å²) < 4.78 is 25.5. The molecule has 1 saturated carbocycles. The monoisotopic (exact) mass is 547 g/mol. The molecule has 0 saturated heterocycles. The summed E-state index contributed by atoms with van der Waals surface area (Å²) in [6, 6.07) is 14.5. The van der Waals surface area contributed by atoms with Crippen LogP contribution >= 0.6 is 0 Å². The summed E-state index contributed by atoms with van der Waals surface area (Å²) in [5.74, 6) is -0.391. The second-order valence-electron chi connectivity index (χ2n) is 11.6. The summed E-state index contributed by atoms with van der Waals surface area (Å²) >= 11 is 0. The summed E-state index contributed by atoms with van der Waals surface area (Å²) in [6.45, 7) is 7.00. The van der Waals surface area contributed by atoms with Gasteiger partial charge in [-0.3, -0.25) is 9.97 Å². The SMILES string of the molecule is [2H][C@](Nc1cc(-c2ccncc2)c2ncc(C#N)c(NCC(C)(C)C)c2c1)(c1ccc(F)cc1)c1cn(C2CC2)nn1. The van der Waals surface area contributed by atoms with E-state index in [-0.39, 0.29) is 11.5 Å². The van der Waals surface area contributed by atoms with Gasteiger partial charge in [-0.2, -0.15) is 5.26 Å². The number of nitrogens with one attached hydrogen (secondary N) is 2. The van der Waals surface area contributed by atoms with Gasteiger partial charge in [0.15, 0.2) is 0 Å². The molecule has 0 unspecified atom stereocenters. The number of halogens is 1. The molecule has 3 aromatic heterocycles. The third-order valence-electron chi connectivity index (χ3n) is 6.97. The lowest BCUT2D eigenvalue weighted by atomic mass is 9.95. The van der Waals surface area contributed by atoms with Crippen LogP contribution in [0.25, 0.3) is 22.0 Å².